The van der Waals surface area contributed by atoms with Crippen molar-refractivity contribution in [1.29, 1.82) is 0 Å². The van der Waals surface area contributed by atoms with E-state index in [1.54, 1.807) is 11.8 Å². The van der Waals surface area contributed by atoms with Gasteiger partial charge >= 0.3 is 5.97 Å². The molecule has 19 heavy (non-hydrogen) atoms. The average molecular weight is 268 g/mol. The predicted octanol–water partition coefficient (Wildman–Crippen LogP) is 3.46. The number of carbonyl (C=O) groups is 1. The monoisotopic (exact) mass is 268 g/mol. The molecule has 2 aliphatic rings. The van der Waals surface area contributed by atoms with Crippen LogP contribution in [0.25, 0.3) is 0 Å². The second-order valence-corrected chi connectivity index (χ2v) is 5.95. The maximum absolute atomic E-state index is 12.2. The van der Waals surface area contributed by atoms with Gasteiger partial charge in [-0.1, -0.05) is 36.4 Å². The van der Waals surface area contributed by atoms with Crippen molar-refractivity contribution >= 4 is 17.7 Å². The van der Waals surface area contributed by atoms with Crippen molar-refractivity contribution in [3.8, 4) is 5.75 Å². The summed E-state index contributed by atoms with van der Waals surface area (Å²) in [6, 6.07) is 16.3. The molecule has 2 nitrogen and oxygen atoms in total. The average Bonchev–Trinajstić information content (AvgIpc) is 2.47. The van der Waals surface area contributed by atoms with E-state index in [2.05, 4.69) is 24.3 Å². The predicted molar refractivity (Wildman–Crippen MR) is 74.6 cm³/mol. The molecule has 0 aliphatic carbocycles. The second kappa shape index (κ2) is 4.14. The van der Waals surface area contributed by atoms with Gasteiger partial charge in [-0.3, -0.25) is 4.79 Å². The number of thioether (sulfide) groups is 1. The Balaban J connectivity index is 1.95. The van der Waals surface area contributed by atoms with Gasteiger partial charge in [0, 0.05) is 22.1 Å². The number of esters is 1. The first-order valence-electron chi connectivity index (χ1n) is 6.37. The van der Waals surface area contributed by atoms with Gasteiger partial charge in [-0.25, -0.2) is 0 Å². The lowest BCUT2D eigenvalue weighted by molar-refractivity contribution is -0.140. The van der Waals surface area contributed by atoms with Crippen LogP contribution in [0.3, 0.4) is 0 Å². The standard InChI is InChI=1S/C16H12O2S/c17-16-12-9-19-14-8-4-2-6-11(14)15(12)10-5-1-3-7-13(10)18-16/h1-8,12,15H,9H2. The fourth-order valence-corrected chi connectivity index (χ4v) is 4.19. The van der Waals surface area contributed by atoms with Gasteiger partial charge in [-0.2, -0.15) is 0 Å². The fraction of sp³-hybridized carbons (Fsp3) is 0.188. The summed E-state index contributed by atoms with van der Waals surface area (Å²) in [5.41, 5.74) is 2.40. The summed E-state index contributed by atoms with van der Waals surface area (Å²) < 4.78 is 5.46. The number of hydrogen-bond donors (Lipinski definition) is 0. The topological polar surface area (TPSA) is 26.3 Å². The fourth-order valence-electron chi connectivity index (χ4n) is 2.96. The molecule has 2 aliphatic heterocycles. The Morgan fingerprint density at radius 2 is 1.74 bits per heavy atom. The van der Waals surface area contributed by atoms with Crippen LogP contribution in [0.5, 0.6) is 5.75 Å². The van der Waals surface area contributed by atoms with Gasteiger partial charge in [-0.05, 0) is 17.7 Å². The molecule has 0 aromatic heterocycles. The summed E-state index contributed by atoms with van der Waals surface area (Å²) in [6.45, 7) is 0. The van der Waals surface area contributed by atoms with Crippen LogP contribution in [0.2, 0.25) is 0 Å². The largest absolute Gasteiger partial charge is 0.426 e. The third kappa shape index (κ3) is 1.61. The lowest BCUT2D eigenvalue weighted by Crippen LogP contribution is -2.35. The summed E-state index contributed by atoms with van der Waals surface area (Å²) >= 11 is 1.75. The molecule has 0 spiro atoms. The molecule has 2 heterocycles. The molecule has 0 amide bonds. The molecule has 3 heteroatoms. The molecule has 2 atom stereocenters. The van der Waals surface area contributed by atoms with Gasteiger partial charge in [0.2, 0.25) is 0 Å². The van der Waals surface area contributed by atoms with E-state index < -0.39 is 0 Å². The van der Waals surface area contributed by atoms with Crippen LogP contribution in [-0.2, 0) is 4.79 Å². The number of carbonyl (C=O) groups excluding carboxylic acids is 1. The van der Waals surface area contributed by atoms with Crippen molar-refractivity contribution in [2.75, 3.05) is 5.75 Å². The van der Waals surface area contributed by atoms with Gasteiger partial charge in [0.1, 0.15) is 5.75 Å². The third-order valence-corrected chi connectivity index (χ3v) is 5.05. The van der Waals surface area contributed by atoms with Gasteiger partial charge in [0.05, 0.1) is 5.92 Å². The molecule has 0 N–H and O–H groups in total. The molecular formula is C16H12O2S. The smallest absolute Gasteiger partial charge is 0.316 e. The van der Waals surface area contributed by atoms with Crippen molar-refractivity contribution in [3.05, 3.63) is 59.7 Å². The van der Waals surface area contributed by atoms with Crippen LogP contribution in [-0.4, -0.2) is 11.7 Å². The molecule has 4 rings (SSSR count). The van der Waals surface area contributed by atoms with Crippen molar-refractivity contribution in [3.63, 3.8) is 0 Å². The molecular weight excluding hydrogens is 256 g/mol. The SMILES string of the molecule is O=C1Oc2ccccc2C2c3ccccc3SCC12. The number of rotatable bonds is 0. The normalized spacial score (nSPS) is 23.9. The highest BCUT2D eigenvalue weighted by Gasteiger charge is 2.41. The van der Waals surface area contributed by atoms with Crippen molar-refractivity contribution in [1.82, 2.24) is 0 Å². The van der Waals surface area contributed by atoms with E-state index in [-0.39, 0.29) is 17.8 Å². The Kier molecular flexibility index (Phi) is 2.42. The molecule has 0 fully saturated rings. The van der Waals surface area contributed by atoms with E-state index in [1.165, 1.54) is 10.5 Å². The first-order chi connectivity index (χ1) is 9.34. The van der Waals surface area contributed by atoms with E-state index in [4.69, 9.17) is 4.74 Å². The zero-order valence-corrected chi connectivity index (χ0v) is 11.0. The van der Waals surface area contributed by atoms with E-state index in [9.17, 15) is 4.79 Å². The number of para-hydroxylation sites is 1. The quantitative estimate of drug-likeness (QED) is 0.540. The minimum absolute atomic E-state index is 0.0604. The maximum Gasteiger partial charge on any atom is 0.316 e. The zero-order chi connectivity index (χ0) is 12.8. The van der Waals surface area contributed by atoms with Crippen molar-refractivity contribution in [2.45, 2.75) is 10.8 Å². The molecule has 2 aromatic rings. The molecule has 94 valence electrons. The summed E-state index contributed by atoms with van der Waals surface area (Å²) in [5, 5.41) is 0. The summed E-state index contributed by atoms with van der Waals surface area (Å²) in [6.07, 6.45) is 0. The minimum atomic E-state index is -0.0919. The lowest BCUT2D eigenvalue weighted by atomic mass is 9.79. The van der Waals surface area contributed by atoms with Crippen LogP contribution in [0.4, 0.5) is 0 Å². The number of hydrogen-bond acceptors (Lipinski definition) is 3. The van der Waals surface area contributed by atoms with E-state index >= 15 is 0 Å². The van der Waals surface area contributed by atoms with E-state index in [0.29, 0.717) is 0 Å². The highest BCUT2D eigenvalue weighted by Crippen LogP contribution is 2.49. The summed E-state index contributed by atoms with van der Waals surface area (Å²) in [4.78, 5) is 13.5. The van der Waals surface area contributed by atoms with E-state index in [1.807, 2.05) is 24.3 Å². The molecule has 0 saturated carbocycles. The van der Waals surface area contributed by atoms with Crippen LogP contribution in [0.15, 0.2) is 53.4 Å². The molecule has 0 radical (unpaired) electrons. The Bertz CT molecular complexity index is 665. The van der Waals surface area contributed by atoms with Gasteiger partial charge in [0.15, 0.2) is 0 Å². The number of ether oxygens (including phenoxy) is 1. The van der Waals surface area contributed by atoms with Crippen LogP contribution in [0, 0.1) is 5.92 Å². The lowest BCUT2D eigenvalue weighted by Gasteiger charge is -2.36. The first-order valence-corrected chi connectivity index (χ1v) is 7.35. The van der Waals surface area contributed by atoms with E-state index in [0.717, 1.165) is 17.1 Å². The molecule has 2 unspecified atom stereocenters. The van der Waals surface area contributed by atoms with Crippen LogP contribution >= 0.6 is 11.8 Å². The van der Waals surface area contributed by atoms with Crippen molar-refractivity contribution < 1.29 is 9.53 Å². The van der Waals surface area contributed by atoms with Crippen LogP contribution in [0.1, 0.15) is 17.0 Å². The summed E-state index contributed by atoms with van der Waals surface area (Å²) in [7, 11) is 0. The Morgan fingerprint density at radius 1 is 1.00 bits per heavy atom. The molecule has 0 bridgehead atoms. The molecule has 0 saturated heterocycles. The highest BCUT2D eigenvalue weighted by atomic mass is 32.2. The van der Waals surface area contributed by atoms with Gasteiger partial charge in [-0.15, -0.1) is 11.8 Å². The second-order valence-electron chi connectivity index (χ2n) is 4.89. The van der Waals surface area contributed by atoms with Gasteiger partial charge in [0.25, 0.3) is 0 Å². The van der Waals surface area contributed by atoms with Gasteiger partial charge < -0.3 is 4.74 Å². The Labute approximate surface area is 115 Å². The Hall–Kier alpha value is -1.74. The van der Waals surface area contributed by atoms with Crippen LogP contribution < -0.4 is 4.74 Å². The van der Waals surface area contributed by atoms with Crippen molar-refractivity contribution in [2.24, 2.45) is 5.92 Å². The molecule has 2 aromatic carbocycles. The Morgan fingerprint density at radius 3 is 2.63 bits per heavy atom. The highest BCUT2D eigenvalue weighted by molar-refractivity contribution is 7.99. The minimum Gasteiger partial charge on any atom is -0.426 e. The zero-order valence-electron chi connectivity index (χ0n) is 10.2. The maximum atomic E-state index is 12.2. The number of fused-ring (bicyclic) bond motifs is 5. The number of benzene rings is 2. The summed E-state index contributed by atoms with van der Waals surface area (Å²) in [5.74, 6) is 1.51. The first kappa shape index (κ1) is 11.1. The third-order valence-electron chi connectivity index (χ3n) is 3.84.